The van der Waals surface area contributed by atoms with Gasteiger partial charge in [0.25, 0.3) is 0 Å². The first-order valence-corrected chi connectivity index (χ1v) is 10.6. The summed E-state index contributed by atoms with van der Waals surface area (Å²) in [5.41, 5.74) is 3.52. The smallest absolute Gasteiger partial charge is 0.127 e. The molecule has 1 N–H and O–H groups in total. The van der Waals surface area contributed by atoms with Gasteiger partial charge in [0.2, 0.25) is 0 Å². The largest absolute Gasteiger partial charge is 0.508 e. The summed E-state index contributed by atoms with van der Waals surface area (Å²) in [4.78, 5) is 0. The van der Waals surface area contributed by atoms with E-state index in [1.807, 2.05) is 6.07 Å². The van der Waals surface area contributed by atoms with E-state index in [2.05, 4.69) is 39.8 Å². The van der Waals surface area contributed by atoms with Crippen molar-refractivity contribution >= 4 is 0 Å². The summed E-state index contributed by atoms with van der Waals surface area (Å²) in [7, 11) is 0. The molecular formula is C24H36O2. The van der Waals surface area contributed by atoms with Crippen LogP contribution in [0.1, 0.15) is 96.1 Å². The number of ether oxygens (including phenoxy) is 1. The first-order valence-electron chi connectivity index (χ1n) is 10.6. The van der Waals surface area contributed by atoms with Crippen LogP contribution >= 0.6 is 0 Å². The summed E-state index contributed by atoms with van der Waals surface area (Å²) in [5, 5.41) is 10.8. The van der Waals surface area contributed by atoms with Crippen molar-refractivity contribution < 1.29 is 9.84 Å². The van der Waals surface area contributed by atoms with Gasteiger partial charge >= 0.3 is 0 Å². The second-order valence-corrected chi connectivity index (χ2v) is 8.95. The molecule has 144 valence electrons. The van der Waals surface area contributed by atoms with Gasteiger partial charge in [0.15, 0.2) is 0 Å². The fraction of sp³-hybridized carbons (Fsp3) is 0.667. The third-order valence-electron chi connectivity index (χ3n) is 6.38. The van der Waals surface area contributed by atoms with Gasteiger partial charge in [-0.15, -0.1) is 0 Å². The molecule has 0 spiro atoms. The summed E-state index contributed by atoms with van der Waals surface area (Å²) in [6, 6.07) is 4.20. The minimum atomic E-state index is -0.180. The van der Waals surface area contributed by atoms with Crippen LogP contribution in [-0.4, -0.2) is 10.7 Å². The minimum absolute atomic E-state index is 0.180. The maximum Gasteiger partial charge on any atom is 0.127 e. The van der Waals surface area contributed by atoms with E-state index in [1.54, 1.807) is 0 Å². The van der Waals surface area contributed by atoms with Gasteiger partial charge in [-0.1, -0.05) is 50.7 Å². The lowest BCUT2D eigenvalue weighted by molar-refractivity contribution is 0.00753. The average Bonchev–Trinajstić information content (AvgIpc) is 2.56. The quantitative estimate of drug-likeness (QED) is 0.425. The molecule has 0 bridgehead atoms. The van der Waals surface area contributed by atoms with Gasteiger partial charge in [-0.2, -0.15) is 0 Å². The zero-order valence-electron chi connectivity index (χ0n) is 17.1. The van der Waals surface area contributed by atoms with Crippen molar-refractivity contribution in [2.45, 2.75) is 97.0 Å². The zero-order valence-corrected chi connectivity index (χ0v) is 17.1. The minimum Gasteiger partial charge on any atom is -0.508 e. The monoisotopic (exact) mass is 356 g/mol. The van der Waals surface area contributed by atoms with E-state index < -0.39 is 0 Å². The molecule has 1 aromatic rings. The Morgan fingerprint density at radius 2 is 1.85 bits per heavy atom. The summed E-state index contributed by atoms with van der Waals surface area (Å²) >= 11 is 0. The number of unbranched alkanes of at least 4 members (excludes halogenated alkanes) is 5. The zero-order chi connectivity index (χ0) is 18.7. The lowest BCUT2D eigenvalue weighted by atomic mass is 9.67. The normalized spacial score (nSPS) is 23.6. The van der Waals surface area contributed by atoms with E-state index in [1.165, 1.54) is 49.7 Å². The van der Waals surface area contributed by atoms with Gasteiger partial charge < -0.3 is 9.84 Å². The highest BCUT2D eigenvalue weighted by Crippen LogP contribution is 2.54. The predicted molar refractivity (Wildman–Crippen MR) is 109 cm³/mol. The molecule has 0 unspecified atom stereocenters. The molecule has 0 aromatic heterocycles. The first-order chi connectivity index (χ1) is 12.4. The molecule has 0 fully saturated rings. The Morgan fingerprint density at radius 1 is 1.12 bits per heavy atom. The van der Waals surface area contributed by atoms with Crippen molar-refractivity contribution in [2.75, 3.05) is 0 Å². The summed E-state index contributed by atoms with van der Waals surface area (Å²) in [6.07, 6.45) is 13.2. The van der Waals surface area contributed by atoms with Crippen LogP contribution in [0.4, 0.5) is 0 Å². The Hall–Kier alpha value is -1.44. The molecular weight excluding hydrogens is 320 g/mol. The van der Waals surface area contributed by atoms with E-state index in [9.17, 15) is 5.11 Å². The van der Waals surface area contributed by atoms with Gasteiger partial charge in [0.1, 0.15) is 17.1 Å². The predicted octanol–water partition coefficient (Wildman–Crippen LogP) is 6.91. The van der Waals surface area contributed by atoms with Crippen LogP contribution in [-0.2, 0) is 6.42 Å². The molecule has 1 aromatic carbocycles. The molecule has 3 rings (SSSR count). The lowest BCUT2D eigenvalue weighted by Gasteiger charge is -2.47. The number of rotatable bonds is 7. The van der Waals surface area contributed by atoms with Crippen LogP contribution in [0.2, 0.25) is 0 Å². The van der Waals surface area contributed by atoms with E-state index >= 15 is 0 Å². The number of aromatic hydroxyl groups is 1. The van der Waals surface area contributed by atoms with Crippen molar-refractivity contribution in [3.05, 3.63) is 34.9 Å². The molecule has 2 atom stereocenters. The second kappa shape index (κ2) is 8.06. The Balaban J connectivity index is 1.75. The number of hydrogen-bond donors (Lipinski definition) is 1. The third-order valence-corrected chi connectivity index (χ3v) is 6.38. The van der Waals surface area contributed by atoms with Crippen molar-refractivity contribution in [2.24, 2.45) is 5.92 Å². The van der Waals surface area contributed by atoms with Crippen LogP contribution in [0.25, 0.3) is 0 Å². The highest BCUT2D eigenvalue weighted by atomic mass is 16.5. The maximum absolute atomic E-state index is 10.8. The first kappa shape index (κ1) is 19.3. The fourth-order valence-electron chi connectivity index (χ4n) is 4.87. The SMILES string of the molecule is CCCCCCCCc1cc(O)c2c(c1)OC(C)(C)[C@@H]1CC=C(C)C[C@@H]21. The number of phenolic OH excluding ortho intramolecular Hbond substituents is 1. The molecule has 26 heavy (non-hydrogen) atoms. The molecule has 0 radical (unpaired) electrons. The van der Waals surface area contributed by atoms with Crippen molar-refractivity contribution in [3.63, 3.8) is 0 Å². The standard InChI is InChI=1S/C24H36O2/c1-5-6-7-8-9-10-11-18-15-21(25)23-19-14-17(2)12-13-20(19)24(3,4)26-22(23)16-18/h12,15-16,19-20,25H,5-11,13-14H2,1-4H3/t19-,20-/m1/s1. The highest BCUT2D eigenvalue weighted by molar-refractivity contribution is 5.52. The van der Waals surface area contributed by atoms with Crippen LogP contribution in [0.5, 0.6) is 11.5 Å². The van der Waals surface area contributed by atoms with Gasteiger partial charge in [-0.3, -0.25) is 0 Å². The molecule has 2 aliphatic rings. The number of hydrogen-bond acceptors (Lipinski definition) is 2. The number of phenols is 1. The summed E-state index contributed by atoms with van der Waals surface area (Å²) in [5.74, 6) is 2.19. The molecule has 2 nitrogen and oxygen atoms in total. The molecule has 0 amide bonds. The number of benzene rings is 1. The van der Waals surface area contributed by atoms with Crippen LogP contribution in [0, 0.1) is 5.92 Å². The molecule has 0 saturated carbocycles. The van der Waals surface area contributed by atoms with Gasteiger partial charge in [0.05, 0.1) is 0 Å². The summed E-state index contributed by atoms with van der Waals surface area (Å²) in [6.45, 7) is 8.88. The van der Waals surface area contributed by atoms with E-state index in [4.69, 9.17) is 4.74 Å². The number of fused-ring (bicyclic) bond motifs is 3. The average molecular weight is 357 g/mol. The van der Waals surface area contributed by atoms with Crippen LogP contribution in [0.3, 0.4) is 0 Å². The highest BCUT2D eigenvalue weighted by Gasteiger charge is 2.45. The molecule has 1 aliphatic carbocycles. The second-order valence-electron chi connectivity index (χ2n) is 8.95. The lowest BCUT2D eigenvalue weighted by Crippen LogP contribution is -2.45. The number of allylic oxidation sites excluding steroid dienone is 2. The Kier molecular flexibility index (Phi) is 5.99. The van der Waals surface area contributed by atoms with Crippen molar-refractivity contribution in [1.82, 2.24) is 0 Å². The summed E-state index contributed by atoms with van der Waals surface area (Å²) < 4.78 is 6.42. The Morgan fingerprint density at radius 3 is 2.62 bits per heavy atom. The van der Waals surface area contributed by atoms with Gasteiger partial charge in [-0.05, 0) is 64.2 Å². The maximum atomic E-state index is 10.8. The third kappa shape index (κ3) is 4.10. The number of aryl methyl sites for hydroxylation is 1. The Bertz CT molecular complexity index is 656. The molecule has 2 heteroatoms. The van der Waals surface area contributed by atoms with E-state index in [0.29, 0.717) is 17.6 Å². The van der Waals surface area contributed by atoms with E-state index in [0.717, 1.165) is 30.6 Å². The molecule has 1 aliphatic heterocycles. The van der Waals surface area contributed by atoms with Crippen LogP contribution in [0.15, 0.2) is 23.8 Å². The molecule has 1 heterocycles. The van der Waals surface area contributed by atoms with Crippen molar-refractivity contribution in [1.29, 1.82) is 0 Å². The topological polar surface area (TPSA) is 29.5 Å². The van der Waals surface area contributed by atoms with Crippen LogP contribution < -0.4 is 4.74 Å². The van der Waals surface area contributed by atoms with E-state index in [-0.39, 0.29) is 5.60 Å². The fourth-order valence-corrected chi connectivity index (χ4v) is 4.87. The van der Waals surface area contributed by atoms with Gasteiger partial charge in [0, 0.05) is 17.4 Å². The van der Waals surface area contributed by atoms with Gasteiger partial charge in [-0.25, -0.2) is 0 Å². The molecule has 0 saturated heterocycles. The van der Waals surface area contributed by atoms with Crippen molar-refractivity contribution in [3.8, 4) is 11.5 Å². The Labute approximate surface area is 159 Å².